The number of ether oxygens (including phenoxy) is 1. The predicted molar refractivity (Wildman–Crippen MR) is 125 cm³/mol. The summed E-state index contributed by atoms with van der Waals surface area (Å²) >= 11 is 1.16. The van der Waals surface area contributed by atoms with Gasteiger partial charge in [-0.1, -0.05) is 29.5 Å². The fraction of sp³-hybridized carbons (Fsp3) is 0.130. The van der Waals surface area contributed by atoms with Gasteiger partial charge in [0.15, 0.2) is 17.6 Å². The van der Waals surface area contributed by atoms with E-state index in [1.54, 1.807) is 49.5 Å². The molecule has 2 heterocycles. The quantitative estimate of drug-likeness (QED) is 0.353. The molecule has 2 aromatic heterocycles. The molecule has 2 amide bonds. The van der Waals surface area contributed by atoms with Gasteiger partial charge >= 0.3 is 30.9 Å². The third kappa shape index (κ3) is 5.54. The van der Waals surface area contributed by atoms with E-state index in [1.807, 2.05) is 12.1 Å². The number of aromatic nitrogens is 2. The molecule has 0 aliphatic carbocycles. The average Bonchev–Trinajstić information content (AvgIpc) is 3.23. The Bertz CT molecular complexity index is 1320. The van der Waals surface area contributed by atoms with Gasteiger partial charge in [-0.15, -0.1) is 0 Å². The third-order valence-corrected chi connectivity index (χ3v) is 5.64. The molecule has 0 bridgehead atoms. The molecule has 0 fully saturated rings. The van der Waals surface area contributed by atoms with Crippen molar-refractivity contribution in [3.05, 3.63) is 60.5 Å². The van der Waals surface area contributed by atoms with Crippen molar-refractivity contribution in [2.24, 2.45) is 0 Å². The van der Waals surface area contributed by atoms with E-state index >= 15 is 4.39 Å². The monoisotopic (exact) mass is 474 g/mol. The summed E-state index contributed by atoms with van der Waals surface area (Å²) in [6.45, 7) is 1.77. The van der Waals surface area contributed by atoms with Gasteiger partial charge in [-0.2, -0.15) is 0 Å². The molecule has 34 heavy (non-hydrogen) atoms. The summed E-state index contributed by atoms with van der Waals surface area (Å²) < 4.78 is 21.3. The number of hydrogen-bond acceptors (Lipinski definition) is 6. The van der Waals surface area contributed by atoms with Gasteiger partial charge in [0.25, 0.3) is 0 Å². The number of carbonyl (C=O) groups is 2. The van der Waals surface area contributed by atoms with E-state index in [4.69, 9.17) is 9.84 Å². The first kappa shape index (κ1) is 25.2. The normalized spacial score (nSPS) is 10.4. The predicted octanol–water partition coefficient (Wildman–Crippen LogP) is 1.89. The summed E-state index contributed by atoms with van der Waals surface area (Å²) in [6, 6.07) is 13.1. The van der Waals surface area contributed by atoms with Gasteiger partial charge in [-0.25, -0.2) is 19.0 Å². The first-order valence-corrected chi connectivity index (χ1v) is 10.8. The van der Waals surface area contributed by atoms with Crippen LogP contribution in [0.15, 0.2) is 54.7 Å². The molecular weight excluding hydrogens is 454 g/mol. The van der Waals surface area contributed by atoms with E-state index < -0.39 is 24.4 Å². The number of hydrogen-bond donors (Lipinski definition) is 3. The summed E-state index contributed by atoms with van der Waals surface area (Å²) in [7, 11) is 0. The Hall–Kier alpha value is -3.45. The Morgan fingerprint density at radius 2 is 1.94 bits per heavy atom. The molecule has 0 spiro atoms. The van der Waals surface area contributed by atoms with Crippen LogP contribution in [0.4, 0.5) is 14.3 Å². The van der Waals surface area contributed by atoms with Crippen molar-refractivity contribution in [3.63, 3.8) is 0 Å². The molecule has 8 nitrogen and oxygen atoms in total. The van der Waals surface area contributed by atoms with Crippen LogP contribution < -0.4 is 34.2 Å². The molecular formula is C23H20FLiN4O4S. The Morgan fingerprint density at radius 3 is 2.59 bits per heavy atom. The van der Waals surface area contributed by atoms with Crippen molar-refractivity contribution in [1.82, 2.24) is 15.3 Å². The van der Waals surface area contributed by atoms with Crippen molar-refractivity contribution in [2.75, 3.05) is 18.5 Å². The van der Waals surface area contributed by atoms with Crippen LogP contribution in [0.25, 0.3) is 32.6 Å². The van der Waals surface area contributed by atoms with Gasteiger partial charge in [0.2, 0.25) is 0 Å². The maximum atomic E-state index is 15.6. The maximum absolute atomic E-state index is 15.6. The van der Waals surface area contributed by atoms with Gasteiger partial charge in [0, 0.05) is 23.9 Å². The minimum atomic E-state index is -1.09. The average molecular weight is 474 g/mol. The maximum Gasteiger partial charge on any atom is 1.00 e. The van der Waals surface area contributed by atoms with Crippen LogP contribution in [0, 0.1) is 5.82 Å². The summed E-state index contributed by atoms with van der Waals surface area (Å²) in [5.74, 6) is -1.27. The molecule has 0 radical (unpaired) electrons. The first-order chi connectivity index (χ1) is 16.0. The number of nitrogens with zero attached hydrogens (tertiary/aromatic N) is 2. The standard InChI is InChI=1S/C23H19FN4O4S.Li.H/c1-2-25-22(31)28-23-27-20-19(24)15(13-6-8-14(9-7-13)32-12-18(29)30)11-16(21(20)33-23)17-5-3-4-10-26-17;;/h3-11H,2,12H2,1H3,(H,29,30)(H2,25,27,28,31);;/q;+1;-1. The van der Waals surface area contributed by atoms with Crippen LogP contribution in [0.3, 0.4) is 0 Å². The summed E-state index contributed by atoms with van der Waals surface area (Å²) in [5, 5.41) is 14.3. The minimum Gasteiger partial charge on any atom is -1.00 e. The van der Waals surface area contributed by atoms with Crippen LogP contribution in [-0.4, -0.2) is 40.2 Å². The van der Waals surface area contributed by atoms with Crippen LogP contribution in [-0.2, 0) is 4.79 Å². The van der Waals surface area contributed by atoms with Crippen molar-refractivity contribution in [3.8, 4) is 28.1 Å². The second-order valence-electron chi connectivity index (χ2n) is 6.89. The molecule has 4 aromatic rings. The zero-order valence-electron chi connectivity index (χ0n) is 19.5. The van der Waals surface area contributed by atoms with Crippen molar-refractivity contribution < 1.29 is 44.1 Å². The van der Waals surface area contributed by atoms with Crippen LogP contribution in [0.1, 0.15) is 8.35 Å². The second kappa shape index (κ2) is 11.1. The SMILES string of the molecule is CCNC(=O)Nc1nc2c(F)c(-c3ccc(OCC(=O)O)cc3)cc(-c3ccccn3)c2s1.[H-].[Li+]. The van der Waals surface area contributed by atoms with Crippen molar-refractivity contribution in [1.29, 1.82) is 0 Å². The number of anilines is 1. The summed E-state index contributed by atoms with van der Waals surface area (Å²) in [4.78, 5) is 31.4. The Kier molecular flexibility index (Phi) is 8.23. The topological polar surface area (TPSA) is 113 Å². The fourth-order valence-corrected chi connectivity index (χ4v) is 4.19. The number of benzene rings is 2. The molecule has 0 aliphatic heterocycles. The molecule has 2 aromatic carbocycles. The van der Waals surface area contributed by atoms with Gasteiger partial charge < -0.3 is 16.6 Å². The molecule has 0 saturated heterocycles. The van der Waals surface area contributed by atoms with E-state index in [1.165, 1.54) is 0 Å². The first-order valence-electron chi connectivity index (χ1n) is 10.0. The summed E-state index contributed by atoms with van der Waals surface area (Å²) in [6.07, 6.45) is 1.65. The van der Waals surface area contributed by atoms with Crippen LogP contribution >= 0.6 is 11.3 Å². The summed E-state index contributed by atoms with van der Waals surface area (Å²) in [5.41, 5.74) is 2.28. The number of carbonyl (C=O) groups excluding carboxylic acids is 1. The number of aliphatic carboxylic acids is 1. The number of carboxylic acids is 1. The molecule has 4 rings (SSSR count). The Labute approximate surface area is 211 Å². The fourth-order valence-electron chi connectivity index (χ4n) is 3.21. The number of pyridine rings is 1. The smallest absolute Gasteiger partial charge is 1.00 e. The molecule has 0 aliphatic rings. The van der Waals surface area contributed by atoms with Crippen molar-refractivity contribution in [2.45, 2.75) is 6.92 Å². The molecule has 11 heteroatoms. The molecule has 170 valence electrons. The second-order valence-corrected chi connectivity index (χ2v) is 7.89. The number of carboxylic acid groups (broad SMARTS) is 1. The van der Waals surface area contributed by atoms with Crippen LogP contribution in [0.2, 0.25) is 0 Å². The molecule has 3 N–H and O–H groups in total. The van der Waals surface area contributed by atoms with E-state index in [0.29, 0.717) is 39.4 Å². The number of fused-ring (bicyclic) bond motifs is 1. The number of halogens is 1. The zero-order valence-corrected chi connectivity index (χ0v) is 19.3. The molecule has 0 unspecified atom stereocenters. The number of rotatable bonds is 7. The number of nitrogens with one attached hydrogen (secondary N) is 2. The van der Waals surface area contributed by atoms with E-state index in [0.717, 1.165) is 11.3 Å². The number of urea groups is 1. The number of thiazole rings is 1. The Morgan fingerprint density at radius 1 is 1.18 bits per heavy atom. The van der Waals surface area contributed by atoms with Crippen LogP contribution in [0.5, 0.6) is 5.75 Å². The van der Waals surface area contributed by atoms with E-state index in [2.05, 4.69) is 20.6 Å². The zero-order chi connectivity index (χ0) is 23.4. The molecule has 0 atom stereocenters. The van der Waals surface area contributed by atoms with Gasteiger partial charge in [-0.05, 0) is 42.8 Å². The van der Waals surface area contributed by atoms with E-state index in [-0.39, 0.29) is 30.9 Å². The largest absolute Gasteiger partial charge is 1.00 e. The molecule has 0 saturated carbocycles. The third-order valence-electron chi connectivity index (χ3n) is 4.63. The van der Waals surface area contributed by atoms with E-state index in [9.17, 15) is 9.59 Å². The Balaban J connectivity index is 0.00000216. The van der Waals surface area contributed by atoms with Crippen molar-refractivity contribution >= 4 is 38.7 Å². The van der Waals surface area contributed by atoms with Gasteiger partial charge in [0.1, 0.15) is 11.3 Å². The number of amides is 2. The van der Waals surface area contributed by atoms with Gasteiger partial charge in [0.05, 0.1) is 10.4 Å². The van der Waals surface area contributed by atoms with Gasteiger partial charge in [-0.3, -0.25) is 10.3 Å². The minimum absolute atomic E-state index is 0.